The zero-order valence-corrected chi connectivity index (χ0v) is 9.44. The van der Waals surface area contributed by atoms with Crippen molar-refractivity contribution in [3.05, 3.63) is 29.9 Å². The molecule has 4 nitrogen and oxygen atoms in total. The Morgan fingerprint density at radius 3 is 2.88 bits per heavy atom. The Labute approximate surface area is 99.3 Å². The molecule has 0 atom stereocenters. The first-order valence-electron chi connectivity index (χ1n) is 5.91. The first-order valence-corrected chi connectivity index (χ1v) is 5.91. The fourth-order valence-electron chi connectivity index (χ4n) is 2.59. The number of furan rings is 1. The van der Waals surface area contributed by atoms with Crippen LogP contribution in [0.4, 0.5) is 0 Å². The van der Waals surface area contributed by atoms with E-state index in [0.29, 0.717) is 17.2 Å². The average Bonchev–Trinajstić information content (AvgIpc) is 3.09. The number of nitrogens with one attached hydrogen (secondary N) is 1. The minimum absolute atomic E-state index is 0.470. The van der Waals surface area contributed by atoms with Gasteiger partial charge >= 0.3 is 0 Å². The highest BCUT2D eigenvalue weighted by Gasteiger charge is 2.24. The molecule has 4 heteroatoms. The number of hydrogen-bond acceptors (Lipinski definition) is 3. The molecule has 0 amide bonds. The van der Waals surface area contributed by atoms with E-state index < -0.39 is 0 Å². The van der Waals surface area contributed by atoms with Crippen molar-refractivity contribution in [2.75, 3.05) is 0 Å². The highest BCUT2D eigenvalue weighted by Crippen LogP contribution is 2.37. The molecule has 3 rings (SSSR count). The number of hydrogen-bond donors (Lipinski definition) is 1. The molecule has 0 spiro atoms. The summed E-state index contributed by atoms with van der Waals surface area (Å²) in [6.07, 6.45) is 8.02. The molecule has 0 bridgehead atoms. The molecular formula is C13H13N3O. The van der Waals surface area contributed by atoms with Gasteiger partial charge in [0.25, 0.3) is 0 Å². The maximum absolute atomic E-state index is 9.31. The van der Waals surface area contributed by atoms with Crippen LogP contribution in [0.3, 0.4) is 0 Å². The zero-order chi connectivity index (χ0) is 11.7. The van der Waals surface area contributed by atoms with E-state index in [0.717, 1.165) is 24.1 Å². The van der Waals surface area contributed by atoms with E-state index >= 15 is 0 Å². The predicted molar refractivity (Wildman–Crippen MR) is 62.2 cm³/mol. The van der Waals surface area contributed by atoms with Gasteiger partial charge in [-0.1, -0.05) is 12.8 Å². The maximum atomic E-state index is 9.31. The van der Waals surface area contributed by atoms with Crippen LogP contribution in [0, 0.1) is 11.3 Å². The Morgan fingerprint density at radius 1 is 1.41 bits per heavy atom. The summed E-state index contributed by atoms with van der Waals surface area (Å²) in [5, 5.41) is 16.6. The molecule has 1 N–H and O–H groups in total. The Kier molecular flexibility index (Phi) is 2.45. The van der Waals surface area contributed by atoms with Crippen LogP contribution in [0.1, 0.15) is 42.9 Å². The van der Waals surface area contributed by atoms with Crippen molar-refractivity contribution in [3.8, 4) is 17.3 Å². The van der Waals surface area contributed by atoms with Crippen molar-refractivity contribution in [2.45, 2.75) is 31.6 Å². The second-order valence-corrected chi connectivity index (χ2v) is 4.47. The molecule has 17 heavy (non-hydrogen) atoms. The van der Waals surface area contributed by atoms with Crippen molar-refractivity contribution >= 4 is 0 Å². The van der Waals surface area contributed by atoms with Gasteiger partial charge in [-0.2, -0.15) is 10.4 Å². The standard InChI is InChI=1S/C13H13N3O/c14-7-11-12(9-3-1-2-4-9)15-16-13(11)10-5-6-17-8-10/h5-6,8-9H,1-4H2,(H,15,16). The van der Waals surface area contributed by atoms with Gasteiger partial charge in [-0.25, -0.2) is 0 Å². The lowest BCUT2D eigenvalue weighted by molar-refractivity contribution is 0.568. The van der Waals surface area contributed by atoms with Gasteiger partial charge in [-0.05, 0) is 18.9 Å². The SMILES string of the molecule is N#Cc1c(-c2ccoc2)n[nH]c1C1CCCC1. The Bertz CT molecular complexity index is 542. The third kappa shape index (κ3) is 1.64. The first-order chi connectivity index (χ1) is 8.40. The van der Waals surface area contributed by atoms with E-state index in [4.69, 9.17) is 4.42 Å². The number of aromatic nitrogens is 2. The fraction of sp³-hybridized carbons (Fsp3) is 0.385. The Hall–Kier alpha value is -2.02. The lowest BCUT2D eigenvalue weighted by Gasteiger charge is -2.05. The van der Waals surface area contributed by atoms with Crippen molar-refractivity contribution < 1.29 is 4.42 Å². The molecular weight excluding hydrogens is 214 g/mol. The van der Waals surface area contributed by atoms with Gasteiger partial charge in [0.15, 0.2) is 0 Å². The summed E-state index contributed by atoms with van der Waals surface area (Å²) in [7, 11) is 0. The second kappa shape index (κ2) is 4.10. The van der Waals surface area contributed by atoms with E-state index in [1.807, 2.05) is 6.07 Å². The van der Waals surface area contributed by atoms with Gasteiger partial charge in [0, 0.05) is 11.5 Å². The van der Waals surface area contributed by atoms with Crippen LogP contribution in [0.25, 0.3) is 11.3 Å². The molecule has 0 radical (unpaired) electrons. The monoisotopic (exact) mass is 227 g/mol. The average molecular weight is 227 g/mol. The van der Waals surface area contributed by atoms with Gasteiger partial charge in [0.1, 0.15) is 17.3 Å². The fourth-order valence-corrected chi connectivity index (χ4v) is 2.59. The van der Waals surface area contributed by atoms with Crippen LogP contribution in [-0.4, -0.2) is 10.2 Å². The van der Waals surface area contributed by atoms with Gasteiger partial charge in [-0.3, -0.25) is 5.10 Å². The molecule has 2 aromatic heterocycles. The van der Waals surface area contributed by atoms with Crippen molar-refractivity contribution in [1.82, 2.24) is 10.2 Å². The first kappa shape index (κ1) is 10.2. The number of rotatable bonds is 2. The molecule has 0 aliphatic heterocycles. The lowest BCUT2D eigenvalue weighted by atomic mass is 9.98. The van der Waals surface area contributed by atoms with Crippen molar-refractivity contribution in [2.24, 2.45) is 0 Å². The van der Waals surface area contributed by atoms with Gasteiger partial charge < -0.3 is 4.42 Å². The normalized spacial score (nSPS) is 16.2. The second-order valence-electron chi connectivity index (χ2n) is 4.47. The van der Waals surface area contributed by atoms with Crippen LogP contribution in [0.2, 0.25) is 0 Å². The zero-order valence-electron chi connectivity index (χ0n) is 9.44. The number of nitriles is 1. The number of aromatic amines is 1. The molecule has 1 aliphatic rings. The van der Waals surface area contributed by atoms with Crippen LogP contribution in [-0.2, 0) is 0 Å². The van der Waals surface area contributed by atoms with E-state index in [9.17, 15) is 5.26 Å². The van der Waals surface area contributed by atoms with Crippen LogP contribution in [0.15, 0.2) is 23.0 Å². The largest absolute Gasteiger partial charge is 0.472 e. The highest BCUT2D eigenvalue weighted by molar-refractivity contribution is 5.66. The lowest BCUT2D eigenvalue weighted by Crippen LogP contribution is -1.95. The molecule has 0 unspecified atom stereocenters. The molecule has 1 aliphatic carbocycles. The summed E-state index contributed by atoms with van der Waals surface area (Å²) in [5.74, 6) is 0.470. The van der Waals surface area contributed by atoms with Crippen molar-refractivity contribution in [1.29, 1.82) is 5.26 Å². The maximum Gasteiger partial charge on any atom is 0.113 e. The van der Waals surface area contributed by atoms with Gasteiger partial charge in [-0.15, -0.1) is 0 Å². The number of nitrogens with zero attached hydrogens (tertiary/aromatic N) is 2. The van der Waals surface area contributed by atoms with E-state index in [-0.39, 0.29) is 0 Å². The minimum Gasteiger partial charge on any atom is -0.472 e. The van der Waals surface area contributed by atoms with Crippen LogP contribution in [0.5, 0.6) is 0 Å². The third-order valence-electron chi connectivity index (χ3n) is 3.46. The summed E-state index contributed by atoms with van der Waals surface area (Å²) < 4.78 is 5.04. The summed E-state index contributed by atoms with van der Waals surface area (Å²) in [4.78, 5) is 0. The van der Waals surface area contributed by atoms with E-state index in [2.05, 4.69) is 16.3 Å². The predicted octanol–water partition coefficient (Wildman–Crippen LogP) is 3.20. The Balaban J connectivity index is 2.04. The Morgan fingerprint density at radius 2 is 2.24 bits per heavy atom. The highest BCUT2D eigenvalue weighted by atomic mass is 16.3. The van der Waals surface area contributed by atoms with Crippen LogP contribution < -0.4 is 0 Å². The number of H-pyrrole nitrogens is 1. The summed E-state index contributed by atoms with van der Waals surface area (Å²) in [5.41, 5.74) is 3.25. The molecule has 1 saturated carbocycles. The minimum atomic E-state index is 0.470. The summed E-state index contributed by atoms with van der Waals surface area (Å²) >= 11 is 0. The third-order valence-corrected chi connectivity index (χ3v) is 3.46. The summed E-state index contributed by atoms with van der Waals surface area (Å²) in [6, 6.07) is 4.10. The summed E-state index contributed by atoms with van der Waals surface area (Å²) in [6.45, 7) is 0. The molecule has 86 valence electrons. The van der Waals surface area contributed by atoms with Gasteiger partial charge in [0.05, 0.1) is 18.2 Å². The molecule has 2 heterocycles. The topological polar surface area (TPSA) is 65.6 Å². The molecule has 0 saturated heterocycles. The van der Waals surface area contributed by atoms with Gasteiger partial charge in [0.2, 0.25) is 0 Å². The van der Waals surface area contributed by atoms with Crippen LogP contribution >= 0.6 is 0 Å². The van der Waals surface area contributed by atoms with E-state index in [1.165, 1.54) is 12.8 Å². The molecule has 0 aromatic carbocycles. The smallest absolute Gasteiger partial charge is 0.113 e. The van der Waals surface area contributed by atoms with Crippen molar-refractivity contribution in [3.63, 3.8) is 0 Å². The van der Waals surface area contributed by atoms with E-state index in [1.54, 1.807) is 12.5 Å². The molecule has 2 aromatic rings. The quantitative estimate of drug-likeness (QED) is 0.856. The molecule has 1 fully saturated rings.